The third-order valence-corrected chi connectivity index (χ3v) is 4.17. The van der Waals surface area contributed by atoms with Gasteiger partial charge in [-0.25, -0.2) is 0 Å². The number of hydrogen-bond acceptors (Lipinski definition) is 2. The van der Waals surface area contributed by atoms with E-state index in [9.17, 15) is 18.3 Å². The summed E-state index contributed by atoms with van der Waals surface area (Å²) in [6, 6.07) is 2.44. The summed E-state index contributed by atoms with van der Waals surface area (Å²) in [5.41, 5.74) is 4.91. The molecule has 1 aromatic rings. The van der Waals surface area contributed by atoms with Crippen LogP contribution < -0.4 is 5.73 Å². The van der Waals surface area contributed by atoms with E-state index < -0.39 is 23.9 Å². The third-order valence-electron chi connectivity index (χ3n) is 3.93. The Labute approximate surface area is 120 Å². The summed E-state index contributed by atoms with van der Waals surface area (Å²) in [5.74, 6) is -0.0261. The molecule has 0 unspecified atom stereocenters. The van der Waals surface area contributed by atoms with Crippen LogP contribution in [0.3, 0.4) is 0 Å². The quantitative estimate of drug-likeness (QED) is 0.889. The van der Waals surface area contributed by atoms with Crippen LogP contribution in [-0.2, 0) is 6.18 Å². The van der Waals surface area contributed by atoms with Gasteiger partial charge in [-0.15, -0.1) is 0 Å². The van der Waals surface area contributed by atoms with E-state index in [1.54, 1.807) is 0 Å². The predicted octanol–water partition coefficient (Wildman–Crippen LogP) is 3.91. The Kier molecular flexibility index (Phi) is 4.62. The van der Waals surface area contributed by atoms with Crippen LogP contribution in [0.4, 0.5) is 13.2 Å². The lowest BCUT2D eigenvalue weighted by Crippen LogP contribution is -2.33. The number of aliphatic hydroxyl groups is 1. The monoisotopic (exact) mass is 307 g/mol. The zero-order valence-electron chi connectivity index (χ0n) is 10.8. The molecule has 2 atom stereocenters. The van der Waals surface area contributed by atoms with Gasteiger partial charge in [-0.2, -0.15) is 13.2 Å². The summed E-state index contributed by atoms with van der Waals surface area (Å²) in [7, 11) is 0. The topological polar surface area (TPSA) is 46.2 Å². The minimum Gasteiger partial charge on any atom is -0.391 e. The molecule has 0 aromatic heterocycles. The maximum atomic E-state index is 13.0. The number of benzene rings is 1. The molecule has 0 radical (unpaired) electrons. The van der Waals surface area contributed by atoms with Crippen molar-refractivity contribution in [2.75, 3.05) is 0 Å². The smallest absolute Gasteiger partial charge is 0.391 e. The number of rotatable bonds is 3. The molecule has 6 heteroatoms. The molecule has 1 aliphatic carbocycles. The van der Waals surface area contributed by atoms with Gasteiger partial charge >= 0.3 is 6.18 Å². The van der Waals surface area contributed by atoms with Crippen LogP contribution in [0.25, 0.3) is 0 Å². The molecule has 1 fully saturated rings. The van der Waals surface area contributed by atoms with Gasteiger partial charge in [0.05, 0.1) is 17.7 Å². The Balaban J connectivity index is 2.31. The lowest BCUT2D eigenvalue weighted by Gasteiger charge is -2.27. The lowest BCUT2D eigenvalue weighted by atomic mass is 9.88. The standard InChI is InChI=1S/C14H17ClF3NO/c15-9-5-6-10(11(7-9)14(16,17)18)12(19)13(20)8-3-1-2-4-8/h5-8,12-13,20H,1-4,19H2/t12-,13+/m0/s1. The molecule has 0 spiro atoms. The summed E-state index contributed by atoms with van der Waals surface area (Å²) < 4.78 is 39.1. The second-order valence-electron chi connectivity index (χ2n) is 5.29. The Hall–Kier alpha value is -0.780. The SMILES string of the molecule is N[C@@H](c1ccc(Cl)cc1C(F)(F)F)[C@H](O)C1CCCC1. The van der Waals surface area contributed by atoms with Crippen molar-refractivity contribution in [3.8, 4) is 0 Å². The van der Waals surface area contributed by atoms with E-state index in [2.05, 4.69) is 0 Å². The fraction of sp³-hybridized carbons (Fsp3) is 0.571. The van der Waals surface area contributed by atoms with Crippen LogP contribution in [0.15, 0.2) is 18.2 Å². The predicted molar refractivity (Wildman–Crippen MR) is 71.3 cm³/mol. The van der Waals surface area contributed by atoms with Gasteiger partial charge in [-0.1, -0.05) is 30.5 Å². The summed E-state index contributed by atoms with van der Waals surface area (Å²) >= 11 is 5.63. The van der Waals surface area contributed by atoms with Crippen LogP contribution in [0.5, 0.6) is 0 Å². The molecule has 0 bridgehead atoms. The van der Waals surface area contributed by atoms with Crippen molar-refractivity contribution in [3.63, 3.8) is 0 Å². The molecule has 3 N–H and O–H groups in total. The molecular formula is C14H17ClF3NO. The van der Waals surface area contributed by atoms with Gasteiger partial charge in [0.1, 0.15) is 0 Å². The number of halogens is 4. The van der Waals surface area contributed by atoms with Crippen molar-refractivity contribution in [3.05, 3.63) is 34.3 Å². The summed E-state index contributed by atoms with van der Waals surface area (Å²) in [6.07, 6.45) is -1.90. The first-order valence-corrected chi connectivity index (χ1v) is 6.99. The average Bonchev–Trinajstić information content (AvgIpc) is 2.89. The molecule has 0 saturated heterocycles. The zero-order valence-corrected chi connectivity index (χ0v) is 11.6. The summed E-state index contributed by atoms with van der Waals surface area (Å²) in [4.78, 5) is 0. The number of nitrogens with two attached hydrogens (primary N) is 1. The first-order valence-electron chi connectivity index (χ1n) is 6.61. The molecule has 112 valence electrons. The van der Waals surface area contributed by atoms with Crippen LogP contribution in [0.1, 0.15) is 42.9 Å². The molecule has 20 heavy (non-hydrogen) atoms. The van der Waals surface area contributed by atoms with E-state index in [0.717, 1.165) is 31.7 Å². The molecule has 0 aliphatic heterocycles. The van der Waals surface area contributed by atoms with Gasteiger partial charge in [0.25, 0.3) is 0 Å². The van der Waals surface area contributed by atoms with Gasteiger partial charge < -0.3 is 10.8 Å². The van der Waals surface area contributed by atoms with E-state index in [0.29, 0.717) is 0 Å². The lowest BCUT2D eigenvalue weighted by molar-refractivity contribution is -0.138. The van der Waals surface area contributed by atoms with Crippen molar-refractivity contribution in [1.29, 1.82) is 0 Å². The van der Waals surface area contributed by atoms with Crippen molar-refractivity contribution >= 4 is 11.6 Å². The van der Waals surface area contributed by atoms with Crippen molar-refractivity contribution < 1.29 is 18.3 Å². The highest BCUT2D eigenvalue weighted by Crippen LogP contribution is 2.39. The molecule has 2 rings (SSSR count). The zero-order chi connectivity index (χ0) is 14.9. The van der Waals surface area contributed by atoms with Crippen LogP contribution in [0.2, 0.25) is 5.02 Å². The first kappa shape index (κ1) is 15.6. The molecular weight excluding hydrogens is 291 g/mol. The maximum Gasteiger partial charge on any atom is 0.416 e. The van der Waals surface area contributed by atoms with Gasteiger partial charge in [0.2, 0.25) is 0 Å². The van der Waals surface area contributed by atoms with E-state index >= 15 is 0 Å². The maximum absolute atomic E-state index is 13.0. The van der Waals surface area contributed by atoms with Crippen LogP contribution in [0, 0.1) is 5.92 Å². The normalized spacial score (nSPS) is 20.1. The largest absolute Gasteiger partial charge is 0.416 e. The Morgan fingerprint density at radius 1 is 1.25 bits per heavy atom. The summed E-state index contributed by atoms with van der Waals surface area (Å²) in [6.45, 7) is 0. The van der Waals surface area contributed by atoms with Crippen molar-refractivity contribution in [2.45, 2.75) is 44.0 Å². The number of aliphatic hydroxyl groups excluding tert-OH is 1. The molecule has 1 saturated carbocycles. The fourth-order valence-electron chi connectivity index (χ4n) is 2.84. The Bertz CT molecular complexity index is 472. The van der Waals surface area contributed by atoms with E-state index in [4.69, 9.17) is 17.3 Å². The van der Waals surface area contributed by atoms with Gasteiger partial charge in [0, 0.05) is 5.02 Å². The molecule has 2 nitrogen and oxygen atoms in total. The minimum atomic E-state index is -4.53. The average molecular weight is 308 g/mol. The van der Waals surface area contributed by atoms with Gasteiger partial charge in [-0.3, -0.25) is 0 Å². The number of alkyl halides is 3. The summed E-state index contributed by atoms with van der Waals surface area (Å²) in [5, 5.41) is 10.2. The molecule has 0 amide bonds. The van der Waals surface area contributed by atoms with E-state index in [1.165, 1.54) is 12.1 Å². The van der Waals surface area contributed by atoms with Crippen LogP contribution in [-0.4, -0.2) is 11.2 Å². The van der Waals surface area contributed by atoms with Crippen LogP contribution >= 0.6 is 11.6 Å². The fourth-order valence-corrected chi connectivity index (χ4v) is 3.01. The Morgan fingerprint density at radius 2 is 1.85 bits per heavy atom. The first-order chi connectivity index (χ1) is 9.30. The van der Waals surface area contributed by atoms with Gasteiger partial charge in [0.15, 0.2) is 0 Å². The minimum absolute atomic E-state index is 0.00336. The van der Waals surface area contributed by atoms with Gasteiger partial charge in [-0.05, 0) is 36.5 Å². The number of hydrogen-bond donors (Lipinski definition) is 2. The van der Waals surface area contributed by atoms with E-state index in [1.807, 2.05) is 0 Å². The highest BCUT2D eigenvalue weighted by Gasteiger charge is 2.38. The van der Waals surface area contributed by atoms with E-state index in [-0.39, 0.29) is 16.5 Å². The van der Waals surface area contributed by atoms with Crippen molar-refractivity contribution in [2.24, 2.45) is 11.7 Å². The van der Waals surface area contributed by atoms with Crippen molar-refractivity contribution in [1.82, 2.24) is 0 Å². The second kappa shape index (κ2) is 5.92. The second-order valence-corrected chi connectivity index (χ2v) is 5.73. The molecule has 1 aliphatic rings. The Morgan fingerprint density at radius 3 is 2.40 bits per heavy atom. The molecule has 0 heterocycles. The highest BCUT2D eigenvalue weighted by molar-refractivity contribution is 6.30. The third kappa shape index (κ3) is 3.27. The molecule has 1 aromatic carbocycles. The highest BCUT2D eigenvalue weighted by atomic mass is 35.5.